The maximum absolute atomic E-state index is 12.6. The molecule has 0 aliphatic carbocycles. The van der Waals surface area contributed by atoms with E-state index in [0.29, 0.717) is 59.3 Å². The van der Waals surface area contributed by atoms with Crippen molar-refractivity contribution in [1.82, 2.24) is 15.1 Å². The Morgan fingerprint density at radius 1 is 0.826 bits per heavy atom. The highest BCUT2D eigenvalue weighted by Crippen LogP contribution is 2.32. The molecule has 2 N–H and O–H groups in total. The van der Waals surface area contributed by atoms with Crippen molar-refractivity contribution < 1.29 is 55.1 Å². The zero-order valence-corrected chi connectivity index (χ0v) is 25.2. The summed E-state index contributed by atoms with van der Waals surface area (Å²) in [7, 11) is 0. The third-order valence-electron chi connectivity index (χ3n) is 6.51. The number of nitrogens with zero attached hydrogens (tertiary/aromatic N) is 3. The smallest absolute Gasteiger partial charge is 0.387 e. The molecule has 0 saturated carbocycles. The fourth-order valence-corrected chi connectivity index (χ4v) is 4.46. The van der Waals surface area contributed by atoms with Gasteiger partial charge in [-0.1, -0.05) is 38.1 Å². The minimum absolute atomic E-state index is 0.0302. The average molecular weight is 651 g/mol. The van der Waals surface area contributed by atoms with Gasteiger partial charge < -0.3 is 33.3 Å². The van der Waals surface area contributed by atoms with Crippen molar-refractivity contribution in [3.05, 3.63) is 58.6 Å². The van der Waals surface area contributed by atoms with Crippen LogP contribution >= 0.6 is 0 Å². The van der Waals surface area contributed by atoms with Crippen molar-refractivity contribution in [3.8, 4) is 11.5 Å². The van der Waals surface area contributed by atoms with Crippen molar-refractivity contribution >= 4 is 39.8 Å². The first-order valence-corrected chi connectivity index (χ1v) is 14.1. The van der Waals surface area contributed by atoms with Gasteiger partial charge in [-0.3, -0.25) is 9.59 Å². The van der Waals surface area contributed by atoms with Crippen LogP contribution in [0.15, 0.2) is 37.6 Å². The van der Waals surface area contributed by atoms with E-state index in [1.54, 1.807) is 13.8 Å². The molecule has 0 unspecified atom stereocenters. The van der Waals surface area contributed by atoms with Crippen molar-refractivity contribution in [2.75, 3.05) is 5.32 Å². The van der Waals surface area contributed by atoms with Gasteiger partial charge in [-0.05, 0) is 19.1 Å². The standard InChI is InChI=1S/C18H19F2N3O4.C12H11F2NO4/c1-4-11-15(9(3)23-27-11)21-13(24)8-10-6-7-12(25-18(19)20)16-17(10)26-14(5-2)22-16;1-2-8-15-10-7(18-12(13)14)4-3-6(5-9(16)17)11(10)19-8/h6-7,18H,4-5,8H2,1-3H3,(H,21,24);3-4,12H,2,5H2,1H3,(H,16,17). The molecule has 46 heavy (non-hydrogen) atoms. The van der Waals surface area contributed by atoms with Crippen LogP contribution in [0.5, 0.6) is 11.5 Å². The molecule has 1 amide bonds. The number of carboxylic acid groups (broad SMARTS) is 1. The summed E-state index contributed by atoms with van der Waals surface area (Å²) < 4.78 is 74.8. The lowest BCUT2D eigenvalue weighted by Crippen LogP contribution is -2.16. The molecule has 3 heterocycles. The predicted molar refractivity (Wildman–Crippen MR) is 154 cm³/mol. The van der Waals surface area contributed by atoms with E-state index in [1.165, 1.54) is 24.3 Å². The molecule has 16 heteroatoms. The largest absolute Gasteiger partial charge is 0.481 e. The zero-order chi connectivity index (χ0) is 33.5. The van der Waals surface area contributed by atoms with E-state index < -0.39 is 19.2 Å². The fourth-order valence-electron chi connectivity index (χ4n) is 4.46. The number of benzene rings is 2. The number of anilines is 1. The van der Waals surface area contributed by atoms with Crippen LogP contribution in [-0.2, 0) is 41.7 Å². The molecule has 0 aliphatic rings. The highest BCUT2D eigenvalue weighted by atomic mass is 19.3. The van der Waals surface area contributed by atoms with Crippen molar-refractivity contribution in [2.24, 2.45) is 0 Å². The maximum Gasteiger partial charge on any atom is 0.387 e. The lowest BCUT2D eigenvalue weighted by molar-refractivity contribution is -0.136. The highest BCUT2D eigenvalue weighted by Gasteiger charge is 2.21. The number of aromatic nitrogens is 3. The molecule has 0 bridgehead atoms. The second kappa shape index (κ2) is 14.8. The number of hydrogen-bond acceptors (Lipinski definition) is 10. The summed E-state index contributed by atoms with van der Waals surface area (Å²) in [5.74, 6) is -0.266. The monoisotopic (exact) mass is 650 g/mol. The summed E-state index contributed by atoms with van der Waals surface area (Å²) >= 11 is 0. The van der Waals surface area contributed by atoms with Crippen LogP contribution in [-0.4, -0.2) is 45.3 Å². The molecule has 0 radical (unpaired) electrons. The van der Waals surface area contributed by atoms with Crippen LogP contribution < -0.4 is 14.8 Å². The molecular weight excluding hydrogens is 620 g/mol. The molecule has 2 aromatic carbocycles. The fraction of sp³-hybridized carbons (Fsp3) is 0.367. The molecule has 0 saturated heterocycles. The Bertz CT molecular complexity index is 1830. The van der Waals surface area contributed by atoms with E-state index in [-0.39, 0.29) is 52.4 Å². The Labute approximate surface area is 258 Å². The molecular formula is C30H30F4N4O8. The Morgan fingerprint density at radius 2 is 1.33 bits per heavy atom. The van der Waals surface area contributed by atoms with Crippen molar-refractivity contribution in [2.45, 2.75) is 73.0 Å². The van der Waals surface area contributed by atoms with Gasteiger partial charge >= 0.3 is 19.2 Å². The van der Waals surface area contributed by atoms with Gasteiger partial charge in [0.1, 0.15) is 11.4 Å². The number of aryl methyl sites for hydroxylation is 4. The van der Waals surface area contributed by atoms with Gasteiger partial charge in [0.15, 0.2) is 51.2 Å². The summed E-state index contributed by atoms with van der Waals surface area (Å²) in [5.41, 5.74) is 2.75. The van der Waals surface area contributed by atoms with Gasteiger partial charge in [0, 0.05) is 30.4 Å². The summed E-state index contributed by atoms with van der Waals surface area (Å²) in [6.45, 7) is 1.28. The first kappa shape index (κ1) is 33.7. The molecule has 5 rings (SSSR count). The summed E-state index contributed by atoms with van der Waals surface area (Å²) in [6, 6.07) is 5.54. The number of hydrogen-bond donors (Lipinski definition) is 2. The quantitative estimate of drug-likeness (QED) is 0.139. The van der Waals surface area contributed by atoms with Crippen LogP contribution in [0.4, 0.5) is 23.2 Å². The Hall–Kier alpha value is -5.15. The second-order valence-corrected chi connectivity index (χ2v) is 9.70. The first-order valence-electron chi connectivity index (χ1n) is 14.1. The molecule has 0 spiro atoms. The number of alkyl halides is 4. The molecule has 0 atom stereocenters. The van der Waals surface area contributed by atoms with Crippen LogP contribution in [0.1, 0.15) is 55.1 Å². The number of carbonyl (C=O) groups is 2. The minimum Gasteiger partial charge on any atom is -0.481 e. The van der Waals surface area contributed by atoms with Gasteiger partial charge in [0.05, 0.1) is 12.8 Å². The van der Waals surface area contributed by atoms with E-state index in [9.17, 15) is 27.2 Å². The molecule has 0 fully saturated rings. The highest BCUT2D eigenvalue weighted by molar-refractivity contribution is 5.96. The van der Waals surface area contributed by atoms with Crippen molar-refractivity contribution in [1.29, 1.82) is 0 Å². The lowest BCUT2D eigenvalue weighted by atomic mass is 10.1. The third kappa shape index (κ3) is 7.92. The Morgan fingerprint density at radius 3 is 1.76 bits per heavy atom. The Kier molecular flexibility index (Phi) is 10.8. The second-order valence-electron chi connectivity index (χ2n) is 9.70. The lowest BCUT2D eigenvalue weighted by Gasteiger charge is -2.08. The maximum atomic E-state index is 12.6. The van der Waals surface area contributed by atoms with Gasteiger partial charge in [0.2, 0.25) is 5.91 Å². The molecule has 0 aliphatic heterocycles. The number of ether oxygens (including phenoxy) is 2. The van der Waals surface area contributed by atoms with Crippen LogP contribution in [0.3, 0.4) is 0 Å². The SMILES string of the molecule is CCc1nc2c(OC(F)F)ccc(CC(=O)Nc3c(C)noc3CC)c2o1.CCc1nc2c(OC(F)F)ccc(CC(=O)O)c2o1. The molecule has 246 valence electrons. The van der Waals surface area contributed by atoms with Crippen molar-refractivity contribution in [3.63, 3.8) is 0 Å². The third-order valence-corrected chi connectivity index (χ3v) is 6.51. The summed E-state index contributed by atoms with van der Waals surface area (Å²) in [6.07, 6.45) is 1.23. The number of fused-ring (bicyclic) bond motifs is 2. The average Bonchev–Trinajstić information content (AvgIpc) is 3.73. The number of carboxylic acids is 1. The molecule has 5 aromatic rings. The predicted octanol–water partition coefficient (Wildman–Crippen LogP) is 6.65. The van der Waals surface area contributed by atoms with E-state index in [2.05, 4.69) is 29.9 Å². The van der Waals surface area contributed by atoms with Gasteiger partial charge in [-0.25, -0.2) is 9.97 Å². The van der Waals surface area contributed by atoms with Gasteiger partial charge in [-0.2, -0.15) is 17.6 Å². The number of nitrogens with one attached hydrogen (secondary N) is 1. The number of halogens is 4. The summed E-state index contributed by atoms with van der Waals surface area (Å²) in [5, 5.41) is 15.4. The number of rotatable bonds is 12. The van der Waals surface area contributed by atoms with Crippen LogP contribution in [0.25, 0.3) is 22.2 Å². The van der Waals surface area contributed by atoms with E-state index in [1.807, 2.05) is 13.8 Å². The van der Waals surface area contributed by atoms with Crippen LogP contribution in [0.2, 0.25) is 0 Å². The van der Waals surface area contributed by atoms with E-state index >= 15 is 0 Å². The van der Waals surface area contributed by atoms with Crippen LogP contribution in [0, 0.1) is 6.92 Å². The number of aliphatic carboxylic acids is 1. The number of oxazole rings is 2. The topological polar surface area (TPSA) is 163 Å². The van der Waals surface area contributed by atoms with Gasteiger partial charge in [-0.15, -0.1) is 0 Å². The number of carbonyl (C=O) groups excluding carboxylic acids is 1. The van der Waals surface area contributed by atoms with E-state index in [0.717, 1.165) is 0 Å². The molecule has 12 nitrogen and oxygen atoms in total. The molecule has 3 aromatic heterocycles. The normalized spacial score (nSPS) is 11.3. The zero-order valence-electron chi connectivity index (χ0n) is 25.2. The Balaban J connectivity index is 0.000000222. The van der Waals surface area contributed by atoms with Gasteiger partial charge in [0.25, 0.3) is 0 Å². The van der Waals surface area contributed by atoms with E-state index in [4.69, 9.17) is 18.5 Å². The number of amides is 1. The minimum atomic E-state index is -2.98. The summed E-state index contributed by atoms with van der Waals surface area (Å²) in [4.78, 5) is 31.4. The first-order chi connectivity index (χ1) is 21.9.